The van der Waals surface area contributed by atoms with Gasteiger partial charge in [0.15, 0.2) is 0 Å². The molecule has 0 spiro atoms. The third-order valence-electron chi connectivity index (χ3n) is 5.00. The van der Waals surface area contributed by atoms with Crippen molar-refractivity contribution in [1.82, 2.24) is 0 Å². The smallest absolute Gasteiger partial charge is 0.475 e. The van der Waals surface area contributed by atoms with E-state index in [1.807, 2.05) is 12.1 Å². The Kier molecular flexibility index (Phi) is 4.71. The van der Waals surface area contributed by atoms with E-state index in [2.05, 4.69) is 0 Å². The predicted molar refractivity (Wildman–Crippen MR) is 76.4 cm³/mol. The summed E-state index contributed by atoms with van der Waals surface area (Å²) in [6.07, 6.45) is 1.83. The van der Waals surface area contributed by atoms with Gasteiger partial charge in [0, 0.05) is 5.54 Å². The molecule has 3 aliphatic rings. The summed E-state index contributed by atoms with van der Waals surface area (Å²) in [7, 11) is 0. The van der Waals surface area contributed by atoms with Crippen LogP contribution >= 0.6 is 0 Å². The molecule has 1 aromatic rings. The molecule has 3 aliphatic carbocycles. The maximum Gasteiger partial charge on any atom is 0.490 e. The van der Waals surface area contributed by atoms with Crippen LogP contribution in [0, 0.1) is 5.82 Å². The van der Waals surface area contributed by atoms with Gasteiger partial charge in [0.05, 0.1) is 0 Å². The van der Waals surface area contributed by atoms with E-state index < -0.39 is 12.1 Å². The SMILES string of the molecule is NC12CCC(c3ccc(F)cc3)(CC1)CC2.O=C(O)C(F)(F)F. The molecule has 23 heavy (non-hydrogen) atoms. The highest BCUT2D eigenvalue weighted by atomic mass is 19.4. The van der Waals surface area contributed by atoms with Gasteiger partial charge in [-0.25, -0.2) is 9.18 Å². The molecule has 0 unspecified atom stereocenters. The van der Waals surface area contributed by atoms with Gasteiger partial charge >= 0.3 is 12.1 Å². The van der Waals surface area contributed by atoms with Gasteiger partial charge in [-0.2, -0.15) is 13.2 Å². The summed E-state index contributed by atoms with van der Waals surface area (Å²) in [5.41, 5.74) is 8.03. The van der Waals surface area contributed by atoms with Crippen molar-refractivity contribution in [2.24, 2.45) is 5.73 Å². The van der Waals surface area contributed by atoms with Crippen LogP contribution in [0.1, 0.15) is 44.1 Å². The summed E-state index contributed by atoms with van der Waals surface area (Å²) >= 11 is 0. The van der Waals surface area contributed by atoms with E-state index in [0.717, 1.165) is 19.3 Å². The van der Waals surface area contributed by atoms with Crippen molar-refractivity contribution < 1.29 is 27.5 Å². The number of carbonyl (C=O) groups is 1. The van der Waals surface area contributed by atoms with Crippen LogP contribution in [0.15, 0.2) is 24.3 Å². The van der Waals surface area contributed by atoms with Gasteiger partial charge in [-0.3, -0.25) is 0 Å². The fourth-order valence-corrected chi connectivity index (χ4v) is 3.45. The summed E-state index contributed by atoms with van der Waals surface area (Å²) in [5.74, 6) is -2.90. The van der Waals surface area contributed by atoms with E-state index >= 15 is 0 Å². The second-order valence-corrected chi connectivity index (χ2v) is 6.45. The van der Waals surface area contributed by atoms with Gasteiger partial charge in [-0.15, -0.1) is 0 Å². The molecule has 3 fully saturated rings. The predicted octanol–water partition coefficient (Wildman–Crippen LogP) is 3.76. The lowest BCUT2D eigenvalue weighted by Crippen LogP contribution is -2.53. The molecule has 0 atom stereocenters. The van der Waals surface area contributed by atoms with Crippen LogP contribution in [-0.4, -0.2) is 22.8 Å². The largest absolute Gasteiger partial charge is 0.490 e. The van der Waals surface area contributed by atoms with E-state index in [9.17, 15) is 17.6 Å². The van der Waals surface area contributed by atoms with Gasteiger partial charge in [0.25, 0.3) is 0 Å². The van der Waals surface area contributed by atoms with Crippen molar-refractivity contribution in [3.8, 4) is 0 Å². The molecule has 1 aromatic carbocycles. The van der Waals surface area contributed by atoms with E-state index in [1.54, 1.807) is 12.1 Å². The lowest BCUT2D eigenvalue weighted by molar-refractivity contribution is -0.192. The first-order valence-electron chi connectivity index (χ1n) is 7.42. The maximum absolute atomic E-state index is 12.9. The van der Waals surface area contributed by atoms with Gasteiger partial charge in [-0.05, 0) is 61.6 Å². The molecule has 0 aliphatic heterocycles. The second kappa shape index (κ2) is 6.11. The van der Waals surface area contributed by atoms with Crippen LogP contribution in [0.5, 0.6) is 0 Å². The normalized spacial score (nSPS) is 29.6. The van der Waals surface area contributed by atoms with Crippen molar-refractivity contribution in [3.05, 3.63) is 35.6 Å². The fourth-order valence-electron chi connectivity index (χ4n) is 3.45. The highest BCUT2D eigenvalue weighted by Gasteiger charge is 2.47. The number of carboxylic acids is 1. The minimum atomic E-state index is -5.08. The Morgan fingerprint density at radius 1 is 1.00 bits per heavy atom. The van der Waals surface area contributed by atoms with E-state index in [4.69, 9.17) is 15.6 Å². The van der Waals surface area contributed by atoms with E-state index in [1.165, 1.54) is 24.8 Å². The topological polar surface area (TPSA) is 63.3 Å². The summed E-state index contributed by atoms with van der Waals surface area (Å²) in [6.45, 7) is 0. The summed E-state index contributed by atoms with van der Waals surface area (Å²) in [4.78, 5) is 8.90. The molecule has 128 valence electrons. The maximum atomic E-state index is 12.9. The summed E-state index contributed by atoms with van der Waals surface area (Å²) in [5, 5.41) is 7.12. The molecule has 2 bridgehead atoms. The minimum Gasteiger partial charge on any atom is -0.475 e. The van der Waals surface area contributed by atoms with Gasteiger partial charge < -0.3 is 10.8 Å². The van der Waals surface area contributed by atoms with Crippen LogP contribution in [0.4, 0.5) is 17.6 Å². The molecule has 7 heteroatoms. The van der Waals surface area contributed by atoms with Crippen molar-refractivity contribution in [3.63, 3.8) is 0 Å². The molecule has 3 nitrogen and oxygen atoms in total. The highest BCUT2D eigenvalue weighted by molar-refractivity contribution is 5.73. The van der Waals surface area contributed by atoms with Crippen molar-refractivity contribution in [1.29, 1.82) is 0 Å². The second-order valence-electron chi connectivity index (χ2n) is 6.45. The zero-order valence-corrected chi connectivity index (χ0v) is 12.5. The Morgan fingerprint density at radius 2 is 1.39 bits per heavy atom. The zero-order chi connectivity index (χ0) is 17.3. The Morgan fingerprint density at radius 3 is 1.74 bits per heavy atom. The monoisotopic (exact) mass is 333 g/mol. The number of alkyl halides is 3. The molecular formula is C16H19F4NO2. The van der Waals surface area contributed by atoms with Gasteiger partial charge in [-0.1, -0.05) is 12.1 Å². The average molecular weight is 333 g/mol. The number of halogens is 4. The molecule has 3 saturated carbocycles. The average Bonchev–Trinajstić information content (AvgIpc) is 2.49. The Hall–Kier alpha value is -1.63. The number of nitrogens with two attached hydrogens (primary N) is 1. The Bertz CT molecular complexity index is 544. The van der Waals surface area contributed by atoms with Gasteiger partial charge in [0.1, 0.15) is 5.82 Å². The number of hydrogen-bond acceptors (Lipinski definition) is 2. The standard InChI is InChI=1S/C14H18FN.C2HF3O2/c15-12-3-1-11(2-4-12)13-5-8-14(16,9-6-13)10-7-13;3-2(4,5)1(6)7/h1-4H,5-10,16H2;(H,6,7). The zero-order valence-electron chi connectivity index (χ0n) is 12.5. The summed E-state index contributed by atoms with van der Waals surface area (Å²) < 4.78 is 44.7. The van der Waals surface area contributed by atoms with Crippen molar-refractivity contribution in [2.75, 3.05) is 0 Å². The third-order valence-corrected chi connectivity index (χ3v) is 5.00. The van der Waals surface area contributed by atoms with Crippen LogP contribution < -0.4 is 5.73 Å². The number of benzene rings is 1. The Labute approximate surface area is 131 Å². The van der Waals surface area contributed by atoms with Crippen LogP contribution in [-0.2, 0) is 10.2 Å². The lowest BCUT2D eigenvalue weighted by atomic mass is 9.55. The quantitative estimate of drug-likeness (QED) is 0.769. The molecule has 4 rings (SSSR count). The first-order valence-corrected chi connectivity index (χ1v) is 7.42. The van der Waals surface area contributed by atoms with Crippen LogP contribution in [0.25, 0.3) is 0 Å². The highest BCUT2D eigenvalue weighted by Crippen LogP contribution is 2.52. The summed E-state index contributed by atoms with van der Waals surface area (Å²) in [6, 6.07) is 7.10. The van der Waals surface area contributed by atoms with Gasteiger partial charge in [0.2, 0.25) is 0 Å². The molecule has 0 saturated heterocycles. The number of rotatable bonds is 1. The first kappa shape index (κ1) is 17.7. The molecule has 0 heterocycles. The molecule has 3 N–H and O–H groups in total. The van der Waals surface area contributed by atoms with Crippen molar-refractivity contribution >= 4 is 5.97 Å². The third kappa shape index (κ3) is 4.02. The number of carboxylic acid groups (broad SMARTS) is 1. The molecular weight excluding hydrogens is 314 g/mol. The molecule has 0 radical (unpaired) electrons. The number of hydrogen-bond donors (Lipinski definition) is 2. The van der Waals surface area contributed by atoms with Crippen LogP contribution in [0.2, 0.25) is 0 Å². The minimum absolute atomic E-state index is 0.113. The number of aliphatic carboxylic acids is 1. The molecule has 0 aromatic heterocycles. The van der Waals surface area contributed by atoms with Crippen LogP contribution in [0.3, 0.4) is 0 Å². The molecule has 0 amide bonds. The number of fused-ring (bicyclic) bond motifs is 3. The fraction of sp³-hybridized carbons (Fsp3) is 0.562. The van der Waals surface area contributed by atoms with E-state index in [0.29, 0.717) is 5.41 Å². The van der Waals surface area contributed by atoms with Crippen molar-refractivity contribution in [2.45, 2.75) is 55.7 Å². The first-order chi connectivity index (χ1) is 10.6. The van der Waals surface area contributed by atoms with E-state index in [-0.39, 0.29) is 11.4 Å². The lowest BCUT2D eigenvalue weighted by Gasteiger charge is -2.52. The Balaban J connectivity index is 0.000000236.